The molecule has 0 saturated carbocycles. The van der Waals surface area contributed by atoms with E-state index >= 15 is 0 Å². The second-order valence-electron chi connectivity index (χ2n) is 4.78. The monoisotopic (exact) mass is 337 g/mol. The summed E-state index contributed by atoms with van der Waals surface area (Å²) in [4.78, 5) is 14.0. The topological polar surface area (TPSA) is 63.7 Å². The number of methoxy groups -OCH3 is 1. The van der Waals surface area contributed by atoms with Gasteiger partial charge in [0.2, 0.25) is 0 Å². The average Bonchev–Trinajstić information content (AvgIpc) is 2.89. The Hall–Kier alpha value is -0.630. The van der Waals surface area contributed by atoms with Crippen LogP contribution in [0.15, 0.2) is 15.7 Å². The summed E-state index contributed by atoms with van der Waals surface area (Å²) in [7, 11) is 3.18. The van der Waals surface area contributed by atoms with Crippen molar-refractivity contribution in [1.82, 2.24) is 4.90 Å². The molecular weight excluding hydrogens is 322 g/mol. The van der Waals surface area contributed by atoms with Gasteiger partial charge in [0, 0.05) is 42.9 Å². The summed E-state index contributed by atoms with van der Waals surface area (Å²) in [5.74, 6) is 0.356. The number of hydrogen-bond acceptors (Lipinski definition) is 5. The van der Waals surface area contributed by atoms with Gasteiger partial charge in [0.1, 0.15) is 4.21 Å². The number of thiophene rings is 1. The van der Waals surface area contributed by atoms with Crippen molar-refractivity contribution in [3.8, 4) is 0 Å². The van der Waals surface area contributed by atoms with E-state index in [4.69, 9.17) is 15.4 Å². The molecule has 8 heteroatoms. The van der Waals surface area contributed by atoms with Gasteiger partial charge in [0.15, 0.2) is 0 Å². The van der Waals surface area contributed by atoms with Crippen molar-refractivity contribution in [3.05, 3.63) is 17.0 Å². The minimum absolute atomic E-state index is 0.0109. The second-order valence-corrected chi connectivity index (χ2v) is 8.49. The molecule has 1 aliphatic rings. The molecule has 20 heavy (non-hydrogen) atoms. The van der Waals surface area contributed by atoms with E-state index in [1.54, 1.807) is 17.4 Å². The third kappa shape index (κ3) is 3.72. The smallest absolute Gasteiger partial charge is 0.270 e. The molecule has 1 saturated heterocycles. The molecule has 0 unspecified atom stereocenters. The van der Waals surface area contributed by atoms with E-state index in [0.29, 0.717) is 24.6 Å². The van der Waals surface area contributed by atoms with Crippen LogP contribution in [0.25, 0.3) is 0 Å². The highest BCUT2D eigenvalue weighted by atomic mass is 35.7. The van der Waals surface area contributed by atoms with Crippen LogP contribution in [0.1, 0.15) is 23.2 Å². The Balaban J connectivity index is 2.00. The molecule has 1 aromatic rings. The first kappa shape index (κ1) is 15.8. The van der Waals surface area contributed by atoms with Crippen LogP contribution in [0.5, 0.6) is 0 Å². The van der Waals surface area contributed by atoms with Gasteiger partial charge >= 0.3 is 0 Å². The number of likely N-dealkylation sites (tertiary alicyclic amines) is 1. The molecule has 0 atom stereocenters. The van der Waals surface area contributed by atoms with Crippen molar-refractivity contribution < 1.29 is 17.9 Å². The van der Waals surface area contributed by atoms with E-state index in [2.05, 4.69) is 0 Å². The molecule has 0 aromatic carbocycles. The third-order valence-corrected chi connectivity index (χ3v) is 6.41. The highest BCUT2D eigenvalue weighted by molar-refractivity contribution is 8.15. The predicted molar refractivity (Wildman–Crippen MR) is 77.9 cm³/mol. The van der Waals surface area contributed by atoms with E-state index in [1.165, 1.54) is 6.07 Å². The summed E-state index contributed by atoms with van der Waals surface area (Å²) in [6.07, 6.45) is 1.81. The van der Waals surface area contributed by atoms with Gasteiger partial charge in [-0.25, -0.2) is 8.42 Å². The average molecular weight is 338 g/mol. The molecule has 2 rings (SSSR count). The van der Waals surface area contributed by atoms with Crippen LogP contribution in [0.2, 0.25) is 0 Å². The lowest BCUT2D eigenvalue weighted by Crippen LogP contribution is -2.39. The summed E-state index contributed by atoms with van der Waals surface area (Å²) in [5.41, 5.74) is 0.388. The summed E-state index contributed by atoms with van der Waals surface area (Å²) >= 11 is 0.970. The zero-order valence-corrected chi connectivity index (χ0v) is 13.4. The fourth-order valence-corrected chi connectivity index (χ4v) is 4.22. The number of piperidine rings is 1. The Labute approximate surface area is 126 Å². The number of nitrogens with zero attached hydrogens (tertiary/aromatic N) is 1. The number of ether oxygens (including phenoxy) is 1. The Morgan fingerprint density at radius 2 is 2.15 bits per heavy atom. The summed E-state index contributed by atoms with van der Waals surface area (Å²) < 4.78 is 27.5. The SMILES string of the molecule is COCC1CCN(C(=O)c2csc(S(=O)(=O)Cl)c2)CC1. The van der Waals surface area contributed by atoms with Crippen molar-refractivity contribution >= 4 is 37.0 Å². The molecule has 1 fully saturated rings. The maximum atomic E-state index is 12.3. The predicted octanol–water partition coefficient (Wildman–Crippen LogP) is 2.17. The Bertz CT molecular complexity index is 576. The number of hydrogen-bond donors (Lipinski definition) is 0. The molecule has 1 aliphatic heterocycles. The molecule has 0 radical (unpaired) electrons. The van der Waals surface area contributed by atoms with Crippen LogP contribution in [-0.4, -0.2) is 46.0 Å². The summed E-state index contributed by atoms with van der Waals surface area (Å²) in [5, 5.41) is 1.54. The summed E-state index contributed by atoms with van der Waals surface area (Å²) in [6, 6.07) is 1.34. The number of rotatable bonds is 4. The van der Waals surface area contributed by atoms with Crippen LogP contribution >= 0.6 is 22.0 Å². The van der Waals surface area contributed by atoms with E-state index in [0.717, 1.165) is 30.8 Å². The van der Waals surface area contributed by atoms with Crippen LogP contribution in [-0.2, 0) is 13.8 Å². The van der Waals surface area contributed by atoms with Crippen molar-refractivity contribution in [3.63, 3.8) is 0 Å². The molecule has 2 heterocycles. The third-order valence-electron chi connectivity index (χ3n) is 3.37. The Kier molecular flexibility index (Phi) is 5.06. The zero-order valence-electron chi connectivity index (χ0n) is 11.0. The Morgan fingerprint density at radius 1 is 1.50 bits per heavy atom. The maximum absolute atomic E-state index is 12.3. The standard InChI is InChI=1S/C12H16ClNO4S2/c1-18-7-9-2-4-14(5-3-9)12(15)10-6-11(19-8-10)20(13,16)17/h6,8-9H,2-5,7H2,1H3. The summed E-state index contributed by atoms with van der Waals surface area (Å²) in [6.45, 7) is 2.06. The number of amides is 1. The van der Waals surface area contributed by atoms with Gasteiger partial charge in [-0.05, 0) is 24.8 Å². The van der Waals surface area contributed by atoms with Crippen LogP contribution in [0.4, 0.5) is 0 Å². The molecule has 112 valence electrons. The van der Waals surface area contributed by atoms with Crippen LogP contribution < -0.4 is 0 Å². The van der Waals surface area contributed by atoms with Crippen molar-refractivity contribution in [2.75, 3.05) is 26.8 Å². The first-order chi connectivity index (χ1) is 9.41. The van der Waals surface area contributed by atoms with Gasteiger partial charge in [-0.15, -0.1) is 11.3 Å². The van der Waals surface area contributed by atoms with E-state index in [9.17, 15) is 13.2 Å². The number of carbonyl (C=O) groups excluding carboxylic acids is 1. The largest absolute Gasteiger partial charge is 0.384 e. The lowest BCUT2D eigenvalue weighted by atomic mass is 9.97. The lowest BCUT2D eigenvalue weighted by molar-refractivity contribution is 0.0614. The van der Waals surface area contributed by atoms with Gasteiger partial charge in [-0.2, -0.15) is 0 Å². The van der Waals surface area contributed by atoms with Gasteiger partial charge < -0.3 is 9.64 Å². The van der Waals surface area contributed by atoms with E-state index in [1.807, 2.05) is 0 Å². The fraction of sp³-hybridized carbons (Fsp3) is 0.583. The minimum Gasteiger partial charge on any atom is -0.384 e. The van der Waals surface area contributed by atoms with E-state index in [-0.39, 0.29) is 10.1 Å². The van der Waals surface area contributed by atoms with Crippen LogP contribution in [0.3, 0.4) is 0 Å². The molecule has 1 amide bonds. The molecule has 0 spiro atoms. The highest BCUT2D eigenvalue weighted by Crippen LogP contribution is 2.26. The van der Waals surface area contributed by atoms with Gasteiger partial charge in [0.05, 0.1) is 5.56 Å². The fourth-order valence-electron chi connectivity index (χ4n) is 2.28. The highest BCUT2D eigenvalue weighted by Gasteiger charge is 2.25. The maximum Gasteiger partial charge on any atom is 0.270 e. The van der Waals surface area contributed by atoms with Crippen molar-refractivity contribution in [1.29, 1.82) is 0 Å². The minimum atomic E-state index is -3.76. The molecule has 0 bridgehead atoms. The zero-order chi connectivity index (χ0) is 14.8. The van der Waals surface area contributed by atoms with Crippen molar-refractivity contribution in [2.45, 2.75) is 17.1 Å². The van der Waals surface area contributed by atoms with Gasteiger partial charge in [-0.1, -0.05) is 0 Å². The first-order valence-electron chi connectivity index (χ1n) is 6.23. The number of halogens is 1. The lowest BCUT2D eigenvalue weighted by Gasteiger charge is -2.31. The first-order valence-corrected chi connectivity index (χ1v) is 9.42. The van der Waals surface area contributed by atoms with E-state index < -0.39 is 9.05 Å². The normalized spacial score (nSPS) is 17.4. The van der Waals surface area contributed by atoms with Crippen molar-refractivity contribution in [2.24, 2.45) is 5.92 Å². The quantitative estimate of drug-likeness (QED) is 0.790. The second kappa shape index (κ2) is 6.43. The molecular formula is C12H16ClNO4S2. The number of carbonyl (C=O) groups is 1. The Morgan fingerprint density at radius 3 is 2.65 bits per heavy atom. The molecule has 0 aliphatic carbocycles. The molecule has 0 N–H and O–H groups in total. The molecule has 5 nitrogen and oxygen atoms in total. The van der Waals surface area contributed by atoms with Crippen LogP contribution in [0, 0.1) is 5.92 Å². The van der Waals surface area contributed by atoms with Gasteiger partial charge in [0.25, 0.3) is 15.0 Å². The van der Waals surface area contributed by atoms with Gasteiger partial charge in [-0.3, -0.25) is 4.79 Å². The molecule has 1 aromatic heterocycles.